The number of nitrogens with zero attached hydrogens (tertiary/aromatic N) is 2. The molecule has 0 saturated carbocycles. The van der Waals surface area contributed by atoms with E-state index in [9.17, 15) is 0 Å². The van der Waals surface area contributed by atoms with E-state index in [1.165, 1.54) is 16.8 Å². The fourth-order valence-corrected chi connectivity index (χ4v) is 2.43. The first-order chi connectivity index (χ1) is 7.84. The first kappa shape index (κ1) is 9.66. The Labute approximate surface area is 95.0 Å². The predicted octanol–water partition coefficient (Wildman–Crippen LogP) is 1.20. The van der Waals surface area contributed by atoms with Crippen LogP contribution in [0.4, 0.5) is 0 Å². The van der Waals surface area contributed by atoms with E-state index in [2.05, 4.69) is 39.6 Å². The van der Waals surface area contributed by atoms with E-state index in [1.807, 2.05) is 12.4 Å². The average molecular weight is 216 g/mol. The smallest absolute Gasteiger partial charge is 0.0546 e. The minimum atomic E-state index is 0.286. The fraction of sp³-hybridized carbons (Fsp3) is 0.417. The van der Waals surface area contributed by atoms with Crippen molar-refractivity contribution in [3.05, 3.63) is 41.4 Å². The highest BCUT2D eigenvalue weighted by molar-refractivity contribution is 5.38. The summed E-state index contributed by atoms with van der Waals surface area (Å²) in [5.41, 5.74) is 4.05. The zero-order valence-corrected chi connectivity index (χ0v) is 9.40. The van der Waals surface area contributed by atoms with Crippen LogP contribution >= 0.6 is 0 Å². The number of likely N-dealkylation sites (tertiary alicyclic amines) is 1. The summed E-state index contributed by atoms with van der Waals surface area (Å²) < 4.78 is 0. The van der Waals surface area contributed by atoms with E-state index >= 15 is 0 Å². The molecule has 1 atom stereocenters. The molecule has 3 heterocycles. The Morgan fingerprint density at radius 1 is 1.50 bits per heavy atom. The van der Waals surface area contributed by atoms with Crippen LogP contribution in [0, 0.1) is 0 Å². The number of allylic oxidation sites excluding steroid dienone is 1. The summed E-state index contributed by atoms with van der Waals surface area (Å²) in [6, 6.07) is 0.286. The maximum absolute atomic E-state index is 4.01. The topological polar surface area (TPSA) is 44.0 Å². The zero-order chi connectivity index (χ0) is 11.0. The second-order valence-corrected chi connectivity index (χ2v) is 4.37. The van der Waals surface area contributed by atoms with Crippen LogP contribution in [-0.4, -0.2) is 35.2 Å². The van der Waals surface area contributed by atoms with Crippen molar-refractivity contribution < 1.29 is 0 Å². The number of hydrogen-bond acceptors (Lipinski definition) is 3. The van der Waals surface area contributed by atoms with Crippen LogP contribution in [0.1, 0.15) is 18.0 Å². The number of aromatic amines is 1. The highest BCUT2D eigenvalue weighted by Crippen LogP contribution is 2.30. The summed E-state index contributed by atoms with van der Waals surface area (Å²) in [6.45, 7) is 2.05. The number of nitrogens with one attached hydrogen (secondary N) is 2. The van der Waals surface area contributed by atoms with Crippen LogP contribution in [0.5, 0.6) is 0 Å². The second kappa shape index (κ2) is 3.79. The van der Waals surface area contributed by atoms with E-state index in [-0.39, 0.29) is 6.04 Å². The quantitative estimate of drug-likeness (QED) is 0.741. The van der Waals surface area contributed by atoms with Gasteiger partial charge in [0.1, 0.15) is 0 Å². The Hall–Kier alpha value is -1.55. The monoisotopic (exact) mass is 216 g/mol. The summed E-state index contributed by atoms with van der Waals surface area (Å²) in [5, 5.41) is 10.4. The SMILES string of the molecule is CN1CCC2=CC(c3cn[nH]c3)NCC=C21. The molecular weight excluding hydrogens is 200 g/mol. The Morgan fingerprint density at radius 3 is 3.25 bits per heavy atom. The first-order valence-corrected chi connectivity index (χ1v) is 5.69. The molecule has 1 aromatic rings. The second-order valence-electron chi connectivity index (χ2n) is 4.37. The summed E-state index contributed by atoms with van der Waals surface area (Å²) in [4.78, 5) is 2.32. The number of aromatic nitrogens is 2. The molecule has 2 aliphatic rings. The molecule has 4 nitrogen and oxygen atoms in total. The van der Waals surface area contributed by atoms with E-state index in [1.54, 1.807) is 0 Å². The molecule has 2 N–H and O–H groups in total. The van der Waals surface area contributed by atoms with Crippen molar-refractivity contribution in [2.75, 3.05) is 20.1 Å². The highest BCUT2D eigenvalue weighted by Gasteiger charge is 2.22. The lowest BCUT2D eigenvalue weighted by atomic mass is 10.1. The van der Waals surface area contributed by atoms with Gasteiger partial charge in [-0.3, -0.25) is 5.10 Å². The number of fused-ring (bicyclic) bond motifs is 1. The van der Waals surface area contributed by atoms with E-state index in [4.69, 9.17) is 0 Å². The molecule has 2 aliphatic heterocycles. The molecule has 0 spiro atoms. The number of likely N-dealkylation sites (N-methyl/N-ethyl adjacent to an activating group) is 1. The summed E-state index contributed by atoms with van der Waals surface area (Å²) in [5.74, 6) is 0. The van der Waals surface area contributed by atoms with Gasteiger partial charge in [-0.25, -0.2) is 0 Å². The fourth-order valence-electron chi connectivity index (χ4n) is 2.43. The molecule has 0 aliphatic carbocycles. The van der Waals surface area contributed by atoms with Gasteiger partial charge in [0, 0.05) is 37.6 Å². The third-order valence-electron chi connectivity index (χ3n) is 3.34. The maximum atomic E-state index is 4.01. The lowest BCUT2D eigenvalue weighted by molar-refractivity contribution is 0.480. The average Bonchev–Trinajstić information content (AvgIpc) is 2.86. The lowest BCUT2D eigenvalue weighted by Gasteiger charge is -2.11. The first-order valence-electron chi connectivity index (χ1n) is 5.69. The van der Waals surface area contributed by atoms with Gasteiger partial charge in [-0.05, 0) is 18.1 Å². The van der Waals surface area contributed by atoms with Crippen LogP contribution in [0.15, 0.2) is 35.8 Å². The van der Waals surface area contributed by atoms with Gasteiger partial charge in [-0.15, -0.1) is 0 Å². The Bertz CT molecular complexity index is 430. The molecule has 0 radical (unpaired) electrons. The minimum absolute atomic E-state index is 0.286. The standard InChI is InChI=1S/C12H16N4/c1-16-5-3-9-6-11(10-7-14-15-8-10)13-4-2-12(9)16/h2,6-8,11,13H,3-5H2,1H3,(H,14,15). The van der Waals surface area contributed by atoms with Gasteiger partial charge in [-0.2, -0.15) is 5.10 Å². The van der Waals surface area contributed by atoms with Crippen LogP contribution in [0.25, 0.3) is 0 Å². The Kier molecular flexibility index (Phi) is 2.29. The summed E-state index contributed by atoms with van der Waals surface area (Å²) in [6.07, 6.45) is 9.60. The molecule has 16 heavy (non-hydrogen) atoms. The summed E-state index contributed by atoms with van der Waals surface area (Å²) >= 11 is 0. The molecule has 0 bridgehead atoms. The molecule has 1 unspecified atom stereocenters. The van der Waals surface area contributed by atoms with Crippen LogP contribution in [0.3, 0.4) is 0 Å². The number of hydrogen-bond donors (Lipinski definition) is 2. The van der Waals surface area contributed by atoms with Gasteiger partial charge >= 0.3 is 0 Å². The van der Waals surface area contributed by atoms with Crippen molar-refractivity contribution in [3.8, 4) is 0 Å². The van der Waals surface area contributed by atoms with Crippen LogP contribution in [0.2, 0.25) is 0 Å². The Morgan fingerprint density at radius 2 is 2.44 bits per heavy atom. The largest absolute Gasteiger partial charge is 0.374 e. The van der Waals surface area contributed by atoms with Crippen LogP contribution < -0.4 is 5.32 Å². The van der Waals surface area contributed by atoms with Gasteiger partial charge in [0.15, 0.2) is 0 Å². The van der Waals surface area contributed by atoms with Crippen molar-refractivity contribution in [2.45, 2.75) is 12.5 Å². The molecule has 1 aromatic heterocycles. The lowest BCUT2D eigenvalue weighted by Crippen LogP contribution is -2.19. The molecule has 0 amide bonds. The normalized spacial score (nSPS) is 24.8. The van der Waals surface area contributed by atoms with E-state index in [0.717, 1.165) is 19.5 Å². The third-order valence-corrected chi connectivity index (χ3v) is 3.34. The van der Waals surface area contributed by atoms with Gasteiger partial charge in [-0.1, -0.05) is 6.08 Å². The molecular formula is C12H16N4. The molecule has 3 rings (SSSR count). The van der Waals surface area contributed by atoms with Crippen molar-refractivity contribution in [1.29, 1.82) is 0 Å². The van der Waals surface area contributed by atoms with E-state index < -0.39 is 0 Å². The van der Waals surface area contributed by atoms with Gasteiger partial charge in [0.25, 0.3) is 0 Å². The highest BCUT2D eigenvalue weighted by atomic mass is 15.1. The van der Waals surface area contributed by atoms with Crippen LogP contribution in [-0.2, 0) is 0 Å². The zero-order valence-electron chi connectivity index (χ0n) is 9.40. The molecule has 0 aromatic carbocycles. The Balaban J connectivity index is 1.92. The van der Waals surface area contributed by atoms with Gasteiger partial charge in [0.05, 0.1) is 12.2 Å². The number of rotatable bonds is 1. The van der Waals surface area contributed by atoms with Crippen molar-refractivity contribution in [1.82, 2.24) is 20.4 Å². The predicted molar refractivity (Wildman–Crippen MR) is 62.7 cm³/mol. The molecule has 4 heteroatoms. The summed E-state index contributed by atoms with van der Waals surface area (Å²) in [7, 11) is 2.16. The van der Waals surface area contributed by atoms with Crippen molar-refractivity contribution in [3.63, 3.8) is 0 Å². The number of H-pyrrole nitrogens is 1. The maximum Gasteiger partial charge on any atom is 0.0546 e. The van der Waals surface area contributed by atoms with Crippen molar-refractivity contribution in [2.24, 2.45) is 0 Å². The third kappa shape index (κ3) is 1.55. The molecule has 1 saturated heterocycles. The van der Waals surface area contributed by atoms with Gasteiger partial charge in [0.2, 0.25) is 0 Å². The minimum Gasteiger partial charge on any atom is -0.374 e. The van der Waals surface area contributed by atoms with Crippen molar-refractivity contribution >= 4 is 0 Å². The van der Waals surface area contributed by atoms with E-state index in [0.29, 0.717) is 0 Å². The molecule has 84 valence electrons. The molecule has 1 fully saturated rings. The van der Waals surface area contributed by atoms with Gasteiger partial charge < -0.3 is 10.2 Å².